The molecule has 108 valence electrons. The molecule has 1 aromatic carbocycles. The van der Waals surface area contributed by atoms with E-state index in [-0.39, 0.29) is 0 Å². The minimum absolute atomic E-state index is 0.627. The van der Waals surface area contributed by atoms with Gasteiger partial charge in [0, 0.05) is 25.0 Å². The first-order valence-electron chi connectivity index (χ1n) is 6.61. The molecule has 2 rings (SSSR count). The second-order valence-electron chi connectivity index (χ2n) is 4.53. The molecule has 20 heavy (non-hydrogen) atoms. The number of aromatic nitrogens is 2. The summed E-state index contributed by atoms with van der Waals surface area (Å²) in [6.45, 7) is 2.91. The lowest BCUT2D eigenvalue weighted by Gasteiger charge is -2.15. The van der Waals surface area contributed by atoms with Crippen molar-refractivity contribution in [2.24, 2.45) is 0 Å². The van der Waals surface area contributed by atoms with Crippen LogP contribution in [-0.4, -0.2) is 28.9 Å². The minimum atomic E-state index is -0.805. The number of hydrogen-bond donors (Lipinski definition) is 1. The van der Waals surface area contributed by atoms with Crippen molar-refractivity contribution in [3.8, 4) is 11.5 Å². The molecule has 0 saturated heterocycles. The van der Waals surface area contributed by atoms with E-state index < -0.39 is 6.10 Å². The molecule has 1 unspecified atom stereocenters. The molecule has 5 nitrogen and oxygen atoms in total. The fourth-order valence-corrected chi connectivity index (χ4v) is 2.13. The highest BCUT2D eigenvalue weighted by Gasteiger charge is 2.17. The van der Waals surface area contributed by atoms with Crippen molar-refractivity contribution in [3.05, 3.63) is 42.0 Å². The highest BCUT2D eigenvalue weighted by atomic mass is 16.5. The van der Waals surface area contributed by atoms with Crippen molar-refractivity contribution in [1.82, 2.24) is 9.55 Å². The molecule has 0 amide bonds. The molecule has 1 heterocycles. The van der Waals surface area contributed by atoms with E-state index in [1.54, 1.807) is 38.6 Å². The van der Waals surface area contributed by atoms with Gasteiger partial charge in [0.2, 0.25) is 0 Å². The van der Waals surface area contributed by atoms with Crippen LogP contribution in [0.3, 0.4) is 0 Å². The summed E-state index contributed by atoms with van der Waals surface area (Å²) in [6, 6.07) is 5.35. The summed E-state index contributed by atoms with van der Waals surface area (Å²) in [5.74, 6) is 1.92. The Balaban J connectivity index is 2.36. The molecular formula is C15H20N2O3. The Kier molecular flexibility index (Phi) is 4.63. The summed E-state index contributed by atoms with van der Waals surface area (Å²) in [6.07, 6.45) is 3.75. The Morgan fingerprint density at radius 3 is 2.40 bits per heavy atom. The van der Waals surface area contributed by atoms with E-state index in [9.17, 15) is 5.11 Å². The summed E-state index contributed by atoms with van der Waals surface area (Å²) in [4.78, 5) is 4.25. The van der Waals surface area contributed by atoms with Gasteiger partial charge in [-0.1, -0.05) is 6.92 Å². The van der Waals surface area contributed by atoms with Crippen LogP contribution >= 0.6 is 0 Å². The number of nitrogens with zero attached hydrogens (tertiary/aromatic N) is 2. The van der Waals surface area contributed by atoms with Crippen molar-refractivity contribution in [1.29, 1.82) is 0 Å². The monoisotopic (exact) mass is 276 g/mol. The summed E-state index contributed by atoms with van der Waals surface area (Å²) < 4.78 is 12.4. The molecule has 0 fully saturated rings. The van der Waals surface area contributed by atoms with Gasteiger partial charge < -0.3 is 19.1 Å². The minimum Gasteiger partial charge on any atom is -0.497 e. The van der Waals surface area contributed by atoms with Gasteiger partial charge in [0.1, 0.15) is 23.4 Å². The molecule has 5 heteroatoms. The predicted octanol–water partition coefficient (Wildman–Crippen LogP) is 2.39. The molecule has 0 saturated carbocycles. The third-order valence-electron chi connectivity index (χ3n) is 3.15. The number of rotatable bonds is 6. The Morgan fingerprint density at radius 2 is 1.85 bits per heavy atom. The Morgan fingerprint density at radius 1 is 1.20 bits per heavy atom. The first-order chi connectivity index (χ1) is 9.69. The van der Waals surface area contributed by atoms with Crippen LogP contribution < -0.4 is 9.47 Å². The van der Waals surface area contributed by atoms with Gasteiger partial charge in [-0.3, -0.25) is 0 Å². The number of aliphatic hydroxyl groups is 1. The maximum Gasteiger partial charge on any atom is 0.142 e. The van der Waals surface area contributed by atoms with Crippen LogP contribution in [0.15, 0.2) is 30.6 Å². The third kappa shape index (κ3) is 2.93. The Hall–Kier alpha value is -2.01. The van der Waals surface area contributed by atoms with Gasteiger partial charge in [-0.25, -0.2) is 4.98 Å². The van der Waals surface area contributed by atoms with Crippen molar-refractivity contribution < 1.29 is 14.6 Å². The maximum atomic E-state index is 10.5. The molecule has 0 aliphatic carbocycles. The van der Waals surface area contributed by atoms with Gasteiger partial charge in [-0.2, -0.15) is 0 Å². The van der Waals surface area contributed by atoms with Gasteiger partial charge in [0.05, 0.1) is 14.2 Å². The fraction of sp³-hybridized carbons (Fsp3) is 0.400. The number of imidazole rings is 1. The second kappa shape index (κ2) is 6.43. The maximum absolute atomic E-state index is 10.5. The first kappa shape index (κ1) is 14.4. The van der Waals surface area contributed by atoms with Crippen LogP contribution in [-0.2, 0) is 6.54 Å². The van der Waals surface area contributed by atoms with Crippen LogP contribution in [0, 0.1) is 0 Å². The van der Waals surface area contributed by atoms with Crippen LogP contribution in [0.2, 0.25) is 0 Å². The fourth-order valence-electron chi connectivity index (χ4n) is 2.13. The smallest absolute Gasteiger partial charge is 0.142 e. The number of ether oxygens (including phenoxy) is 2. The van der Waals surface area contributed by atoms with Gasteiger partial charge in [0.25, 0.3) is 0 Å². The van der Waals surface area contributed by atoms with Crippen LogP contribution in [0.5, 0.6) is 11.5 Å². The summed E-state index contributed by atoms with van der Waals surface area (Å²) in [7, 11) is 3.17. The number of methoxy groups -OCH3 is 2. The number of aliphatic hydroxyl groups excluding tert-OH is 1. The van der Waals surface area contributed by atoms with Gasteiger partial charge >= 0.3 is 0 Å². The molecular weight excluding hydrogens is 256 g/mol. The van der Waals surface area contributed by atoms with Gasteiger partial charge in [0.15, 0.2) is 0 Å². The molecule has 1 N–H and O–H groups in total. The highest BCUT2D eigenvalue weighted by molar-refractivity contribution is 5.40. The highest BCUT2D eigenvalue weighted by Crippen LogP contribution is 2.29. The lowest BCUT2D eigenvalue weighted by molar-refractivity contribution is 0.203. The zero-order valence-corrected chi connectivity index (χ0v) is 12.0. The van der Waals surface area contributed by atoms with Crippen molar-refractivity contribution in [3.63, 3.8) is 0 Å². The van der Waals surface area contributed by atoms with E-state index in [0.29, 0.717) is 22.9 Å². The van der Waals surface area contributed by atoms with Crippen LogP contribution in [0.25, 0.3) is 0 Å². The second-order valence-corrected chi connectivity index (χ2v) is 4.53. The van der Waals surface area contributed by atoms with Gasteiger partial charge in [-0.15, -0.1) is 0 Å². The van der Waals surface area contributed by atoms with Crippen molar-refractivity contribution in [2.75, 3.05) is 14.2 Å². The van der Waals surface area contributed by atoms with E-state index in [2.05, 4.69) is 11.9 Å². The quantitative estimate of drug-likeness (QED) is 0.880. The van der Waals surface area contributed by atoms with Crippen molar-refractivity contribution >= 4 is 0 Å². The molecule has 2 aromatic rings. The molecule has 0 aliphatic rings. The van der Waals surface area contributed by atoms with E-state index in [4.69, 9.17) is 9.47 Å². The Bertz CT molecular complexity index is 544. The van der Waals surface area contributed by atoms with E-state index in [1.165, 1.54) is 0 Å². The normalized spacial score (nSPS) is 12.2. The first-order valence-corrected chi connectivity index (χ1v) is 6.61. The number of hydrogen-bond acceptors (Lipinski definition) is 4. The summed E-state index contributed by atoms with van der Waals surface area (Å²) in [5.41, 5.74) is 0.699. The molecule has 0 spiro atoms. The van der Waals surface area contributed by atoms with E-state index in [1.807, 2.05) is 10.8 Å². The summed E-state index contributed by atoms with van der Waals surface area (Å²) >= 11 is 0. The topological polar surface area (TPSA) is 56.5 Å². The number of aryl methyl sites for hydroxylation is 1. The molecule has 1 atom stereocenters. The zero-order chi connectivity index (χ0) is 14.5. The average molecular weight is 276 g/mol. The van der Waals surface area contributed by atoms with E-state index >= 15 is 0 Å². The standard InChI is InChI=1S/C15H20N2O3/c1-4-6-17-7-5-16-15(17)14(18)11-8-12(19-2)10-13(9-11)20-3/h5,7-10,14,18H,4,6H2,1-3H3. The third-order valence-corrected chi connectivity index (χ3v) is 3.15. The average Bonchev–Trinajstić information content (AvgIpc) is 2.94. The largest absolute Gasteiger partial charge is 0.497 e. The zero-order valence-electron chi connectivity index (χ0n) is 12.0. The van der Waals surface area contributed by atoms with Crippen LogP contribution in [0.4, 0.5) is 0 Å². The summed E-state index contributed by atoms with van der Waals surface area (Å²) in [5, 5.41) is 10.5. The molecule has 0 bridgehead atoms. The molecule has 0 radical (unpaired) electrons. The molecule has 0 aliphatic heterocycles. The SMILES string of the molecule is CCCn1ccnc1C(O)c1cc(OC)cc(OC)c1. The Labute approximate surface area is 118 Å². The van der Waals surface area contributed by atoms with Gasteiger partial charge in [-0.05, 0) is 24.1 Å². The lowest BCUT2D eigenvalue weighted by Crippen LogP contribution is -2.10. The van der Waals surface area contributed by atoms with E-state index in [0.717, 1.165) is 13.0 Å². The molecule has 1 aromatic heterocycles. The van der Waals surface area contributed by atoms with Crippen LogP contribution in [0.1, 0.15) is 30.8 Å². The number of benzene rings is 1. The lowest BCUT2D eigenvalue weighted by atomic mass is 10.1. The van der Waals surface area contributed by atoms with Crippen molar-refractivity contribution in [2.45, 2.75) is 26.0 Å². The predicted molar refractivity (Wildman–Crippen MR) is 76.1 cm³/mol.